The standard InChI is InChI=1S/C17H19N4P/c1-19-14-6-3-2-4-7-15(14)21(17(19)22)13-8-9-16(18-12-13)20-10-5-11-20/h3-4,6-9,12,22H,2,5,10-11H2,1H3. The molecule has 0 atom stereocenters. The van der Waals surface area contributed by atoms with Crippen molar-refractivity contribution in [1.29, 1.82) is 0 Å². The molecule has 0 amide bonds. The lowest BCUT2D eigenvalue weighted by Gasteiger charge is -2.31. The molecule has 4 rings (SSSR count). The van der Waals surface area contributed by atoms with Gasteiger partial charge in [0.1, 0.15) is 11.0 Å². The molecule has 22 heavy (non-hydrogen) atoms. The molecule has 3 heterocycles. The van der Waals surface area contributed by atoms with E-state index in [4.69, 9.17) is 0 Å². The zero-order valence-electron chi connectivity index (χ0n) is 12.7. The summed E-state index contributed by atoms with van der Waals surface area (Å²) >= 11 is 0. The second-order valence-electron chi connectivity index (χ2n) is 5.74. The molecule has 1 aliphatic carbocycles. The fraction of sp³-hybridized carbons (Fsp3) is 0.294. The third-order valence-electron chi connectivity index (χ3n) is 4.39. The first kappa shape index (κ1) is 13.6. The van der Waals surface area contributed by atoms with Crippen LogP contribution >= 0.6 is 8.86 Å². The van der Waals surface area contributed by atoms with Crippen LogP contribution in [0.1, 0.15) is 24.2 Å². The van der Waals surface area contributed by atoms with Crippen LogP contribution in [0.25, 0.3) is 17.8 Å². The molecule has 0 N–H and O–H groups in total. The zero-order chi connectivity index (χ0) is 15.1. The van der Waals surface area contributed by atoms with Gasteiger partial charge in [-0.3, -0.25) is 4.57 Å². The van der Waals surface area contributed by atoms with E-state index in [1.165, 1.54) is 17.8 Å². The number of pyridine rings is 1. The molecule has 0 spiro atoms. The minimum Gasteiger partial charge on any atom is -0.356 e. The molecule has 2 aromatic heterocycles. The van der Waals surface area contributed by atoms with Gasteiger partial charge in [0, 0.05) is 20.1 Å². The van der Waals surface area contributed by atoms with E-state index >= 15 is 0 Å². The highest BCUT2D eigenvalue weighted by molar-refractivity contribution is 7.06. The SMILES string of the molecule is Cn1c2c(n(-c3ccc(N4CCC4)nc3)c1=P)C=CCC=C2. The first-order chi connectivity index (χ1) is 10.8. The number of fused-ring (bicyclic) bond motifs is 1. The van der Waals surface area contributed by atoms with Crippen LogP contribution in [0, 0.1) is 5.20 Å². The molecule has 0 saturated carbocycles. The number of aromatic nitrogens is 3. The van der Waals surface area contributed by atoms with Crippen molar-refractivity contribution in [2.45, 2.75) is 12.8 Å². The maximum absolute atomic E-state index is 4.63. The van der Waals surface area contributed by atoms with Crippen LogP contribution in [-0.4, -0.2) is 27.2 Å². The number of hydrogen-bond donors (Lipinski definition) is 0. The van der Waals surface area contributed by atoms with E-state index < -0.39 is 0 Å². The minimum absolute atomic E-state index is 0.970. The third kappa shape index (κ3) is 2.06. The van der Waals surface area contributed by atoms with Crippen molar-refractivity contribution in [1.82, 2.24) is 14.1 Å². The average Bonchev–Trinajstić information content (AvgIpc) is 2.66. The number of imidazole rings is 1. The largest absolute Gasteiger partial charge is 0.356 e. The Morgan fingerprint density at radius 2 is 1.86 bits per heavy atom. The van der Waals surface area contributed by atoms with E-state index in [1.807, 2.05) is 6.20 Å². The molecular formula is C17H19N4P. The molecule has 0 radical (unpaired) electrons. The highest BCUT2D eigenvalue weighted by Crippen LogP contribution is 2.25. The van der Waals surface area contributed by atoms with Gasteiger partial charge < -0.3 is 9.47 Å². The molecule has 0 aromatic carbocycles. The lowest BCUT2D eigenvalue weighted by atomic mass is 10.2. The van der Waals surface area contributed by atoms with Crippen molar-refractivity contribution < 1.29 is 0 Å². The van der Waals surface area contributed by atoms with Crippen LogP contribution in [0.4, 0.5) is 5.82 Å². The van der Waals surface area contributed by atoms with Gasteiger partial charge in [-0.25, -0.2) is 4.98 Å². The summed E-state index contributed by atoms with van der Waals surface area (Å²) in [6, 6.07) is 4.26. The summed E-state index contributed by atoms with van der Waals surface area (Å²) in [7, 11) is 5.85. The molecule has 2 aromatic rings. The smallest absolute Gasteiger partial charge is 0.137 e. The molecule has 4 nitrogen and oxygen atoms in total. The number of allylic oxidation sites excluding steroid dienone is 2. The Morgan fingerprint density at radius 3 is 2.50 bits per heavy atom. The number of nitrogens with zero attached hydrogens (tertiary/aromatic N) is 4. The van der Waals surface area contributed by atoms with Gasteiger partial charge in [-0.05, 0) is 37.1 Å². The van der Waals surface area contributed by atoms with Gasteiger partial charge in [0.2, 0.25) is 0 Å². The normalized spacial score (nSPS) is 16.3. The average molecular weight is 310 g/mol. The minimum atomic E-state index is 0.970. The van der Waals surface area contributed by atoms with E-state index in [0.717, 1.165) is 36.2 Å². The Balaban J connectivity index is 1.82. The predicted molar refractivity (Wildman–Crippen MR) is 93.6 cm³/mol. The van der Waals surface area contributed by atoms with Crippen LogP contribution in [0.5, 0.6) is 0 Å². The number of hydrogen-bond acceptors (Lipinski definition) is 2. The molecule has 0 unspecified atom stereocenters. The van der Waals surface area contributed by atoms with E-state index in [0.29, 0.717) is 0 Å². The highest BCUT2D eigenvalue weighted by Gasteiger charge is 2.17. The first-order valence-electron chi connectivity index (χ1n) is 7.66. The van der Waals surface area contributed by atoms with E-state index in [-0.39, 0.29) is 0 Å². The lowest BCUT2D eigenvalue weighted by Crippen LogP contribution is -2.37. The van der Waals surface area contributed by atoms with Crippen LogP contribution in [0.15, 0.2) is 30.5 Å². The molecular weight excluding hydrogens is 291 g/mol. The number of anilines is 1. The van der Waals surface area contributed by atoms with Gasteiger partial charge >= 0.3 is 0 Å². The summed E-state index contributed by atoms with van der Waals surface area (Å²) in [6.45, 7) is 2.24. The van der Waals surface area contributed by atoms with Gasteiger partial charge in [0.15, 0.2) is 0 Å². The van der Waals surface area contributed by atoms with Gasteiger partial charge in [-0.15, -0.1) is 0 Å². The lowest BCUT2D eigenvalue weighted by molar-refractivity contribution is 0.609. The predicted octanol–water partition coefficient (Wildman–Crippen LogP) is 3.53. The fourth-order valence-corrected chi connectivity index (χ4v) is 3.33. The van der Waals surface area contributed by atoms with Gasteiger partial charge in [0.25, 0.3) is 0 Å². The molecule has 1 fully saturated rings. The van der Waals surface area contributed by atoms with Crippen LogP contribution in [0.2, 0.25) is 0 Å². The molecule has 0 bridgehead atoms. The van der Waals surface area contributed by atoms with Crippen molar-refractivity contribution in [3.63, 3.8) is 0 Å². The molecule has 2 aliphatic rings. The Hall–Kier alpha value is -2.06. The molecule has 5 heteroatoms. The third-order valence-corrected chi connectivity index (χ3v) is 4.95. The van der Waals surface area contributed by atoms with E-state index in [1.54, 1.807) is 0 Å². The Bertz CT molecular complexity index is 820. The number of rotatable bonds is 2. The monoisotopic (exact) mass is 310 g/mol. The van der Waals surface area contributed by atoms with Crippen molar-refractivity contribution in [3.05, 3.63) is 47.1 Å². The quantitative estimate of drug-likeness (QED) is 0.793. The van der Waals surface area contributed by atoms with Crippen molar-refractivity contribution >= 4 is 26.8 Å². The van der Waals surface area contributed by atoms with Crippen LogP contribution in [0.3, 0.4) is 0 Å². The summed E-state index contributed by atoms with van der Waals surface area (Å²) in [6.07, 6.45) is 12.9. The van der Waals surface area contributed by atoms with Crippen molar-refractivity contribution in [2.75, 3.05) is 18.0 Å². The Labute approximate surface area is 132 Å². The van der Waals surface area contributed by atoms with Gasteiger partial charge in [-0.2, -0.15) is 0 Å². The summed E-state index contributed by atoms with van der Waals surface area (Å²) in [5.41, 5.74) is 3.45. The van der Waals surface area contributed by atoms with Crippen LogP contribution < -0.4 is 4.90 Å². The Morgan fingerprint density at radius 1 is 1.09 bits per heavy atom. The fourth-order valence-electron chi connectivity index (χ4n) is 2.96. The van der Waals surface area contributed by atoms with E-state index in [2.05, 4.69) is 71.4 Å². The van der Waals surface area contributed by atoms with Crippen molar-refractivity contribution in [2.24, 2.45) is 7.05 Å². The molecule has 1 aliphatic heterocycles. The highest BCUT2D eigenvalue weighted by atomic mass is 31.0. The topological polar surface area (TPSA) is 26.0 Å². The first-order valence-corrected chi connectivity index (χ1v) is 8.16. The molecule has 112 valence electrons. The summed E-state index contributed by atoms with van der Waals surface area (Å²) in [5.74, 6) is 1.07. The van der Waals surface area contributed by atoms with Crippen LogP contribution in [-0.2, 0) is 7.05 Å². The zero-order valence-corrected chi connectivity index (χ0v) is 13.7. The maximum atomic E-state index is 4.63. The molecule has 1 saturated heterocycles. The van der Waals surface area contributed by atoms with Gasteiger partial charge in [-0.1, -0.05) is 21.0 Å². The second-order valence-corrected chi connectivity index (χ2v) is 6.19. The second kappa shape index (κ2) is 5.29. The van der Waals surface area contributed by atoms with Gasteiger partial charge in [0.05, 0.1) is 23.3 Å². The summed E-state index contributed by atoms with van der Waals surface area (Å²) < 4.78 is 4.35. The van der Waals surface area contributed by atoms with Crippen molar-refractivity contribution in [3.8, 4) is 5.69 Å². The summed E-state index contributed by atoms with van der Waals surface area (Å²) in [4.78, 5) is 6.93. The van der Waals surface area contributed by atoms with E-state index in [9.17, 15) is 0 Å². The maximum Gasteiger partial charge on any atom is 0.137 e. The Kier molecular flexibility index (Phi) is 3.27. The summed E-state index contributed by atoms with van der Waals surface area (Å²) in [5, 5.41) is 1.01.